The predicted molar refractivity (Wildman–Crippen MR) is 118 cm³/mol. The number of rotatable bonds is 4. The molecule has 9 heteroatoms. The van der Waals surface area contributed by atoms with Gasteiger partial charge in [0.05, 0.1) is 5.69 Å². The first-order chi connectivity index (χ1) is 15.6. The number of nitrogens with one attached hydrogen (secondary N) is 1. The maximum atomic E-state index is 14.5. The summed E-state index contributed by atoms with van der Waals surface area (Å²) in [5.41, 5.74) is 1.11. The molecule has 4 aromatic rings. The van der Waals surface area contributed by atoms with Gasteiger partial charge in [-0.1, -0.05) is 18.6 Å². The molecule has 1 N–H and O–H groups in total. The van der Waals surface area contributed by atoms with Crippen molar-refractivity contribution in [1.82, 2.24) is 19.7 Å². The SMILES string of the molecule is O=C(Nc1cc(-c2nnc3n2CCCCC3)ccc1F)c1csc(-c2ccccc2F)n1. The molecule has 1 aliphatic heterocycles. The van der Waals surface area contributed by atoms with Gasteiger partial charge in [0, 0.05) is 29.5 Å². The summed E-state index contributed by atoms with van der Waals surface area (Å²) in [7, 11) is 0. The van der Waals surface area contributed by atoms with Crippen LogP contribution in [0.1, 0.15) is 35.6 Å². The molecule has 2 aromatic heterocycles. The first kappa shape index (κ1) is 20.4. The van der Waals surface area contributed by atoms with E-state index in [9.17, 15) is 13.6 Å². The van der Waals surface area contributed by atoms with Gasteiger partial charge in [-0.25, -0.2) is 13.8 Å². The smallest absolute Gasteiger partial charge is 0.275 e. The minimum Gasteiger partial charge on any atom is -0.318 e. The molecule has 0 fully saturated rings. The fraction of sp³-hybridized carbons (Fsp3) is 0.217. The van der Waals surface area contributed by atoms with Crippen LogP contribution in [0.4, 0.5) is 14.5 Å². The number of fused-ring (bicyclic) bond motifs is 1. The summed E-state index contributed by atoms with van der Waals surface area (Å²) in [5.74, 6) is 0.0330. The summed E-state index contributed by atoms with van der Waals surface area (Å²) in [5, 5.41) is 13.1. The van der Waals surface area contributed by atoms with Crippen molar-refractivity contribution >= 4 is 22.9 Å². The molecule has 0 atom stereocenters. The van der Waals surface area contributed by atoms with Crippen molar-refractivity contribution in [2.24, 2.45) is 0 Å². The molecule has 2 aromatic carbocycles. The lowest BCUT2D eigenvalue weighted by molar-refractivity contribution is 0.102. The van der Waals surface area contributed by atoms with Crippen LogP contribution in [0.3, 0.4) is 0 Å². The van der Waals surface area contributed by atoms with Crippen LogP contribution in [0.2, 0.25) is 0 Å². The average molecular weight is 452 g/mol. The standard InChI is InChI=1S/C23H19F2N5OS/c24-16-7-4-3-6-15(16)23-27-19(13-32-23)22(31)26-18-12-14(9-10-17(18)25)21-29-28-20-8-2-1-5-11-30(20)21/h3-4,6-7,9-10,12-13H,1-2,5,8,11H2,(H,26,31). The Labute approximate surface area is 187 Å². The summed E-state index contributed by atoms with van der Waals surface area (Å²) >= 11 is 1.15. The molecular weight excluding hydrogens is 432 g/mol. The minimum atomic E-state index is -0.569. The van der Waals surface area contributed by atoms with Crippen LogP contribution in [-0.4, -0.2) is 25.7 Å². The molecule has 1 aliphatic rings. The van der Waals surface area contributed by atoms with Gasteiger partial charge in [0.1, 0.15) is 28.2 Å². The highest BCUT2D eigenvalue weighted by Crippen LogP contribution is 2.29. The largest absolute Gasteiger partial charge is 0.318 e. The van der Waals surface area contributed by atoms with Gasteiger partial charge in [-0.3, -0.25) is 4.79 Å². The summed E-state index contributed by atoms with van der Waals surface area (Å²) < 4.78 is 30.6. The van der Waals surface area contributed by atoms with Gasteiger partial charge in [-0.05, 0) is 43.2 Å². The van der Waals surface area contributed by atoms with Gasteiger partial charge in [0.2, 0.25) is 0 Å². The van der Waals surface area contributed by atoms with Crippen molar-refractivity contribution in [2.45, 2.75) is 32.2 Å². The Morgan fingerprint density at radius 1 is 1.03 bits per heavy atom. The third-order valence-corrected chi connectivity index (χ3v) is 6.30. The highest BCUT2D eigenvalue weighted by atomic mass is 32.1. The van der Waals surface area contributed by atoms with Crippen LogP contribution in [0, 0.1) is 11.6 Å². The zero-order valence-corrected chi connectivity index (χ0v) is 17.8. The fourth-order valence-corrected chi connectivity index (χ4v) is 4.61. The van der Waals surface area contributed by atoms with Crippen LogP contribution in [0.5, 0.6) is 0 Å². The third kappa shape index (κ3) is 3.91. The second-order valence-corrected chi connectivity index (χ2v) is 8.43. The van der Waals surface area contributed by atoms with Crippen molar-refractivity contribution in [1.29, 1.82) is 0 Å². The van der Waals surface area contributed by atoms with Crippen molar-refractivity contribution < 1.29 is 13.6 Å². The minimum absolute atomic E-state index is 0.0268. The van der Waals surface area contributed by atoms with E-state index in [1.165, 1.54) is 17.5 Å². The predicted octanol–water partition coefficient (Wildman–Crippen LogP) is 5.33. The van der Waals surface area contributed by atoms with E-state index in [0.717, 1.165) is 49.4 Å². The molecule has 32 heavy (non-hydrogen) atoms. The quantitative estimate of drug-likeness (QED) is 0.455. The Kier molecular flexibility index (Phi) is 5.48. The second-order valence-electron chi connectivity index (χ2n) is 7.57. The lowest BCUT2D eigenvalue weighted by Crippen LogP contribution is -2.13. The highest BCUT2D eigenvalue weighted by molar-refractivity contribution is 7.13. The zero-order chi connectivity index (χ0) is 22.1. The molecule has 0 spiro atoms. The Morgan fingerprint density at radius 2 is 1.91 bits per heavy atom. The summed E-state index contributed by atoms with van der Waals surface area (Å²) in [4.78, 5) is 16.9. The van der Waals surface area contributed by atoms with Crippen molar-refractivity contribution in [3.63, 3.8) is 0 Å². The molecule has 0 bridgehead atoms. The molecule has 3 heterocycles. The number of benzene rings is 2. The van der Waals surface area contributed by atoms with E-state index in [4.69, 9.17) is 0 Å². The molecule has 0 saturated carbocycles. The van der Waals surface area contributed by atoms with Crippen molar-refractivity contribution in [3.8, 4) is 22.0 Å². The van der Waals surface area contributed by atoms with E-state index in [1.807, 2.05) is 0 Å². The van der Waals surface area contributed by atoms with E-state index in [-0.39, 0.29) is 11.4 Å². The van der Waals surface area contributed by atoms with Crippen LogP contribution < -0.4 is 5.32 Å². The van der Waals surface area contributed by atoms with Gasteiger partial charge in [0.25, 0.3) is 5.91 Å². The van der Waals surface area contributed by atoms with E-state index in [0.29, 0.717) is 22.0 Å². The number of aromatic nitrogens is 4. The van der Waals surface area contributed by atoms with Gasteiger partial charge >= 0.3 is 0 Å². The lowest BCUT2D eigenvalue weighted by Gasteiger charge is -2.10. The highest BCUT2D eigenvalue weighted by Gasteiger charge is 2.19. The molecule has 0 radical (unpaired) electrons. The van der Waals surface area contributed by atoms with Gasteiger partial charge < -0.3 is 9.88 Å². The molecule has 5 rings (SSSR count). The van der Waals surface area contributed by atoms with E-state index >= 15 is 0 Å². The summed E-state index contributed by atoms with van der Waals surface area (Å²) in [6, 6.07) is 10.7. The number of hydrogen-bond donors (Lipinski definition) is 1. The van der Waals surface area contributed by atoms with Crippen molar-refractivity contribution in [2.75, 3.05) is 5.32 Å². The number of aryl methyl sites for hydroxylation is 1. The number of carbonyl (C=O) groups excluding carboxylic acids is 1. The summed E-state index contributed by atoms with van der Waals surface area (Å²) in [6.07, 6.45) is 4.12. The number of halogens is 2. The molecule has 0 unspecified atom stereocenters. The first-order valence-electron chi connectivity index (χ1n) is 10.3. The first-order valence-corrected chi connectivity index (χ1v) is 11.2. The van der Waals surface area contributed by atoms with E-state index in [2.05, 4.69) is 25.1 Å². The number of thiazole rings is 1. The van der Waals surface area contributed by atoms with Crippen LogP contribution in [-0.2, 0) is 13.0 Å². The molecule has 6 nitrogen and oxygen atoms in total. The Morgan fingerprint density at radius 3 is 2.78 bits per heavy atom. The molecule has 1 amide bonds. The van der Waals surface area contributed by atoms with Crippen LogP contribution in [0.15, 0.2) is 47.8 Å². The van der Waals surface area contributed by atoms with Crippen molar-refractivity contribution in [3.05, 3.63) is 71.0 Å². The average Bonchev–Trinajstić information content (AvgIpc) is 3.37. The number of amides is 1. The number of nitrogens with zero attached hydrogens (tertiary/aromatic N) is 4. The fourth-order valence-electron chi connectivity index (χ4n) is 3.78. The van der Waals surface area contributed by atoms with Gasteiger partial charge in [-0.2, -0.15) is 0 Å². The lowest BCUT2D eigenvalue weighted by atomic mass is 10.1. The Balaban J connectivity index is 1.40. The molecule has 162 valence electrons. The van der Waals surface area contributed by atoms with Gasteiger partial charge in [0.15, 0.2) is 5.82 Å². The maximum absolute atomic E-state index is 14.5. The monoisotopic (exact) mass is 451 g/mol. The number of anilines is 1. The van der Waals surface area contributed by atoms with E-state index < -0.39 is 17.5 Å². The number of carbonyl (C=O) groups is 1. The zero-order valence-electron chi connectivity index (χ0n) is 17.0. The third-order valence-electron chi connectivity index (χ3n) is 5.42. The van der Waals surface area contributed by atoms with Gasteiger partial charge in [-0.15, -0.1) is 21.5 Å². The summed E-state index contributed by atoms with van der Waals surface area (Å²) in [6.45, 7) is 0.814. The maximum Gasteiger partial charge on any atom is 0.275 e. The van der Waals surface area contributed by atoms with E-state index in [1.54, 1.807) is 30.3 Å². The molecule has 0 saturated heterocycles. The normalized spacial score (nSPS) is 13.4. The Bertz CT molecular complexity index is 1300. The Hall–Kier alpha value is -3.46. The topological polar surface area (TPSA) is 72.7 Å². The molecular formula is C23H19F2N5OS. The van der Waals surface area contributed by atoms with Crippen LogP contribution >= 0.6 is 11.3 Å². The van der Waals surface area contributed by atoms with Crippen LogP contribution in [0.25, 0.3) is 22.0 Å². The number of hydrogen-bond acceptors (Lipinski definition) is 5. The molecule has 0 aliphatic carbocycles. The second kappa shape index (κ2) is 8.58.